The summed E-state index contributed by atoms with van der Waals surface area (Å²) in [4.78, 5) is 30.4. The van der Waals surface area contributed by atoms with Gasteiger partial charge in [0.15, 0.2) is 17.5 Å². The summed E-state index contributed by atoms with van der Waals surface area (Å²) in [5, 5.41) is 2.71. The van der Waals surface area contributed by atoms with Gasteiger partial charge < -0.3 is 20.5 Å². The quantitative estimate of drug-likeness (QED) is 0.802. The Balaban J connectivity index is 1.56. The molecule has 0 radical (unpaired) electrons. The van der Waals surface area contributed by atoms with E-state index < -0.39 is 23.4 Å². The van der Waals surface area contributed by atoms with Crippen molar-refractivity contribution in [1.29, 1.82) is 0 Å². The van der Waals surface area contributed by atoms with E-state index in [-0.39, 0.29) is 30.5 Å². The molecule has 9 heteroatoms. The molecule has 2 aromatic rings. The molecule has 156 valence electrons. The highest BCUT2D eigenvalue weighted by atomic mass is 19.1. The number of guanidine groups is 1. The summed E-state index contributed by atoms with van der Waals surface area (Å²) >= 11 is 0. The molecule has 4 rings (SSSR count). The smallest absolute Gasteiger partial charge is 0.269 e. The Morgan fingerprint density at radius 1 is 1.30 bits per heavy atom. The van der Waals surface area contributed by atoms with Gasteiger partial charge in [0.2, 0.25) is 12.0 Å². The molecule has 0 bridgehead atoms. The van der Waals surface area contributed by atoms with Crippen LogP contribution in [0.15, 0.2) is 47.5 Å². The number of para-hydroxylation sites is 2. The van der Waals surface area contributed by atoms with Gasteiger partial charge in [-0.2, -0.15) is 0 Å². The van der Waals surface area contributed by atoms with Gasteiger partial charge in [-0.25, -0.2) is 9.38 Å². The summed E-state index contributed by atoms with van der Waals surface area (Å²) in [6, 6.07) is 11.2. The Morgan fingerprint density at radius 2 is 2.03 bits per heavy atom. The van der Waals surface area contributed by atoms with Crippen LogP contribution in [0.25, 0.3) is 0 Å². The summed E-state index contributed by atoms with van der Waals surface area (Å²) in [5.74, 6) is -0.198. The Labute approximate surface area is 172 Å². The Kier molecular flexibility index (Phi) is 4.81. The molecule has 0 spiro atoms. The summed E-state index contributed by atoms with van der Waals surface area (Å²) in [7, 11) is 1.51. The van der Waals surface area contributed by atoms with Crippen molar-refractivity contribution < 1.29 is 23.5 Å². The minimum absolute atomic E-state index is 0.00834. The largest absolute Gasteiger partial charge is 0.485 e. The molecule has 2 aliphatic heterocycles. The second-order valence-corrected chi connectivity index (χ2v) is 7.42. The molecule has 3 N–H and O–H groups in total. The number of nitrogens with zero attached hydrogens (tertiary/aromatic N) is 2. The number of halogens is 1. The molecule has 30 heavy (non-hydrogen) atoms. The molecule has 0 saturated heterocycles. The van der Waals surface area contributed by atoms with E-state index >= 15 is 0 Å². The van der Waals surface area contributed by atoms with Crippen molar-refractivity contribution in [3.63, 3.8) is 0 Å². The van der Waals surface area contributed by atoms with Crippen molar-refractivity contribution in [2.24, 2.45) is 10.7 Å². The van der Waals surface area contributed by atoms with E-state index in [0.717, 1.165) is 0 Å². The van der Waals surface area contributed by atoms with Crippen LogP contribution >= 0.6 is 0 Å². The van der Waals surface area contributed by atoms with Crippen LogP contribution in [0, 0.1) is 5.82 Å². The van der Waals surface area contributed by atoms with Crippen molar-refractivity contribution in [1.82, 2.24) is 4.90 Å². The average molecular weight is 412 g/mol. The Bertz CT molecular complexity index is 1060. The lowest BCUT2D eigenvalue weighted by atomic mass is 9.87. The summed E-state index contributed by atoms with van der Waals surface area (Å²) < 4.78 is 25.9. The number of nitrogens with two attached hydrogens (primary N) is 1. The number of rotatable bonds is 3. The molecule has 2 aromatic carbocycles. The highest BCUT2D eigenvalue weighted by Gasteiger charge is 2.38. The van der Waals surface area contributed by atoms with E-state index in [1.54, 1.807) is 25.1 Å². The van der Waals surface area contributed by atoms with E-state index in [1.807, 2.05) is 6.07 Å². The lowest BCUT2D eigenvalue weighted by molar-refractivity contribution is -0.128. The molecule has 0 fully saturated rings. The third kappa shape index (κ3) is 3.54. The van der Waals surface area contributed by atoms with E-state index in [4.69, 9.17) is 15.2 Å². The van der Waals surface area contributed by atoms with Crippen molar-refractivity contribution >= 4 is 23.5 Å². The number of amides is 2. The number of carbonyl (C=O) groups is 2. The van der Waals surface area contributed by atoms with Crippen LogP contribution in [0.5, 0.6) is 11.5 Å². The first-order valence-electron chi connectivity index (χ1n) is 9.38. The fraction of sp³-hybridized carbons (Fsp3) is 0.286. The van der Waals surface area contributed by atoms with Gasteiger partial charge in [0.1, 0.15) is 12.4 Å². The molecule has 2 heterocycles. The maximum Gasteiger partial charge on any atom is 0.269 e. The fourth-order valence-corrected chi connectivity index (χ4v) is 3.45. The second kappa shape index (κ2) is 7.33. The summed E-state index contributed by atoms with van der Waals surface area (Å²) in [5.41, 5.74) is 5.15. The zero-order valence-corrected chi connectivity index (χ0v) is 16.5. The zero-order valence-electron chi connectivity index (χ0n) is 16.5. The topological polar surface area (TPSA) is 106 Å². The van der Waals surface area contributed by atoms with Gasteiger partial charge in [-0.3, -0.25) is 14.5 Å². The standard InChI is InChI=1S/C21H21FN4O4/c1-21(10-18(27)26(2)20(23)25-21)13-9-12(7-8-14(13)22)24-19(28)17-11-29-15-5-3-4-6-16(15)30-17/h3-9,17H,10-11H2,1-2H3,(H2,23,25)(H,24,28). The predicted molar refractivity (Wildman–Crippen MR) is 108 cm³/mol. The number of nitrogens with one attached hydrogen (secondary N) is 1. The number of aliphatic imine (C=N–C) groups is 1. The lowest BCUT2D eigenvalue weighted by Crippen LogP contribution is -2.47. The zero-order chi connectivity index (χ0) is 21.5. The number of fused-ring (bicyclic) bond motifs is 1. The molecular weight excluding hydrogens is 391 g/mol. The van der Waals surface area contributed by atoms with Gasteiger partial charge in [0.05, 0.1) is 12.0 Å². The SMILES string of the molecule is CN1C(=O)CC(C)(c2cc(NC(=O)C3COc4ccccc4O3)ccc2F)N=C1N. The van der Waals surface area contributed by atoms with E-state index in [1.165, 1.54) is 30.1 Å². The van der Waals surface area contributed by atoms with Crippen LogP contribution < -0.4 is 20.5 Å². The van der Waals surface area contributed by atoms with E-state index in [9.17, 15) is 14.0 Å². The molecule has 0 saturated carbocycles. The number of benzene rings is 2. The van der Waals surface area contributed by atoms with Gasteiger partial charge in [-0.15, -0.1) is 0 Å². The maximum absolute atomic E-state index is 14.6. The number of carbonyl (C=O) groups excluding carboxylic acids is 2. The van der Waals surface area contributed by atoms with Crippen LogP contribution in [0.3, 0.4) is 0 Å². The fourth-order valence-electron chi connectivity index (χ4n) is 3.45. The summed E-state index contributed by atoms with van der Waals surface area (Å²) in [6.45, 7) is 1.68. The van der Waals surface area contributed by atoms with E-state index in [2.05, 4.69) is 10.3 Å². The molecule has 2 aliphatic rings. The van der Waals surface area contributed by atoms with Crippen molar-refractivity contribution in [3.05, 3.63) is 53.8 Å². The Morgan fingerprint density at radius 3 is 2.77 bits per heavy atom. The molecule has 0 aromatic heterocycles. The predicted octanol–water partition coefficient (Wildman–Crippen LogP) is 2.00. The first-order chi connectivity index (χ1) is 14.3. The minimum Gasteiger partial charge on any atom is -0.485 e. The van der Waals surface area contributed by atoms with Crippen LogP contribution in [-0.4, -0.2) is 42.4 Å². The van der Waals surface area contributed by atoms with Crippen LogP contribution in [0.2, 0.25) is 0 Å². The lowest BCUT2D eigenvalue weighted by Gasteiger charge is -2.34. The molecule has 2 atom stereocenters. The molecule has 0 aliphatic carbocycles. The molecule has 2 amide bonds. The first-order valence-corrected chi connectivity index (χ1v) is 9.38. The maximum atomic E-state index is 14.6. The number of hydrogen-bond donors (Lipinski definition) is 2. The third-order valence-corrected chi connectivity index (χ3v) is 5.19. The molecule has 8 nitrogen and oxygen atoms in total. The van der Waals surface area contributed by atoms with Crippen molar-refractivity contribution in [3.8, 4) is 11.5 Å². The third-order valence-electron chi connectivity index (χ3n) is 5.19. The van der Waals surface area contributed by atoms with Crippen molar-refractivity contribution in [2.75, 3.05) is 19.0 Å². The monoisotopic (exact) mass is 412 g/mol. The van der Waals surface area contributed by atoms with Crippen LogP contribution in [-0.2, 0) is 15.1 Å². The average Bonchev–Trinajstić information content (AvgIpc) is 2.73. The molecule has 2 unspecified atom stereocenters. The normalized spacial score (nSPS) is 23.0. The summed E-state index contributed by atoms with van der Waals surface area (Å²) in [6.07, 6.45) is -0.905. The highest BCUT2D eigenvalue weighted by molar-refractivity contribution is 5.99. The second-order valence-electron chi connectivity index (χ2n) is 7.42. The van der Waals surface area contributed by atoms with Gasteiger partial charge >= 0.3 is 0 Å². The van der Waals surface area contributed by atoms with E-state index in [0.29, 0.717) is 17.2 Å². The van der Waals surface area contributed by atoms with Gasteiger partial charge in [-0.1, -0.05) is 12.1 Å². The van der Waals surface area contributed by atoms with Gasteiger partial charge in [0, 0.05) is 18.3 Å². The molecular formula is C21H21FN4O4. The van der Waals surface area contributed by atoms with Crippen LogP contribution in [0.4, 0.5) is 10.1 Å². The van der Waals surface area contributed by atoms with Gasteiger partial charge in [0.25, 0.3) is 5.91 Å². The van der Waals surface area contributed by atoms with Crippen molar-refractivity contribution in [2.45, 2.75) is 25.0 Å². The van der Waals surface area contributed by atoms with Crippen LogP contribution in [0.1, 0.15) is 18.9 Å². The van der Waals surface area contributed by atoms with Gasteiger partial charge in [-0.05, 0) is 37.3 Å². The minimum atomic E-state index is -1.18. The number of anilines is 1. The highest BCUT2D eigenvalue weighted by Crippen LogP contribution is 2.36. The number of ether oxygens (including phenoxy) is 2. The first kappa shape index (κ1) is 19.7. The Hall–Kier alpha value is -3.62. The number of hydrogen-bond acceptors (Lipinski definition) is 6.